The second-order valence-electron chi connectivity index (χ2n) is 19.4. The van der Waals surface area contributed by atoms with Crippen LogP contribution in [-0.4, -0.2) is 146 Å². The first-order valence-corrected chi connectivity index (χ1v) is 26.4. The third-order valence-electron chi connectivity index (χ3n) is 14.1. The number of aryl methyl sites for hydroxylation is 1. The van der Waals surface area contributed by atoms with E-state index in [1.807, 2.05) is 73.6 Å². The molecule has 384 valence electrons. The molecule has 17 nitrogen and oxygen atoms in total. The molecule has 1 aliphatic carbocycles. The van der Waals surface area contributed by atoms with Gasteiger partial charge in [0.1, 0.15) is 12.3 Å². The van der Waals surface area contributed by atoms with E-state index in [4.69, 9.17) is 16.7 Å². The van der Waals surface area contributed by atoms with Crippen LogP contribution in [0.2, 0.25) is 5.02 Å². The van der Waals surface area contributed by atoms with E-state index in [2.05, 4.69) is 21.8 Å². The molecule has 3 aliphatic heterocycles. The van der Waals surface area contributed by atoms with Crippen molar-refractivity contribution in [2.24, 2.45) is 27.3 Å². The lowest BCUT2D eigenvalue weighted by Crippen LogP contribution is -2.49. The number of ketones is 1. The highest BCUT2D eigenvalue weighted by atomic mass is 35.5. The first kappa shape index (κ1) is 54.6. The largest absolute Gasteiger partial charge is 0.481 e. The van der Waals surface area contributed by atoms with Crippen molar-refractivity contribution in [2.45, 2.75) is 89.4 Å². The lowest BCUT2D eigenvalue weighted by Gasteiger charge is -2.32. The molecule has 7 rings (SSSR count). The van der Waals surface area contributed by atoms with Crippen molar-refractivity contribution in [1.82, 2.24) is 23.8 Å². The zero-order valence-electron chi connectivity index (χ0n) is 41.3. The second-order valence-corrected chi connectivity index (χ2v) is 21.5. The van der Waals surface area contributed by atoms with Crippen LogP contribution < -0.4 is 9.62 Å². The van der Waals surface area contributed by atoms with E-state index in [0.29, 0.717) is 62.6 Å². The van der Waals surface area contributed by atoms with Crippen molar-refractivity contribution in [3.8, 4) is 0 Å². The average molecular weight is 1020 g/mol. The maximum atomic E-state index is 13.9. The van der Waals surface area contributed by atoms with E-state index >= 15 is 0 Å². The van der Waals surface area contributed by atoms with Crippen molar-refractivity contribution in [2.75, 3.05) is 72.4 Å². The number of Topliss-reactive ketones (excluding diaryl/α,β-unsaturated/α-hetero) is 1. The quantitative estimate of drug-likeness (QED) is 0.0921. The number of carbonyl (C=O) groups is 5. The zero-order chi connectivity index (χ0) is 51.3. The predicted octanol–water partition coefficient (Wildman–Crippen LogP) is 6.53. The fourth-order valence-corrected chi connectivity index (χ4v) is 11.6. The Balaban J connectivity index is 0.000000239. The van der Waals surface area contributed by atoms with Gasteiger partial charge in [0.25, 0.3) is 0 Å². The number of piperidine rings is 1. The highest BCUT2D eigenvalue weighted by molar-refractivity contribution is 7.87. The molecule has 0 spiro atoms. The third kappa shape index (κ3) is 14.5. The molecule has 3 N–H and O–H groups in total. The van der Waals surface area contributed by atoms with Gasteiger partial charge in [-0.1, -0.05) is 91.5 Å². The Morgan fingerprint density at radius 2 is 1.56 bits per heavy atom. The first-order valence-electron chi connectivity index (χ1n) is 24.6. The Hall–Kier alpha value is -5.69. The number of hydrogen-bond donors (Lipinski definition) is 3. The molecule has 0 bridgehead atoms. The van der Waals surface area contributed by atoms with Crippen LogP contribution in [0.1, 0.15) is 99.7 Å². The van der Waals surface area contributed by atoms with Crippen LogP contribution in [0.25, 0.3) is 0 Å². The number of aliphatic imine (C=N–C) groups is 1. The number of halogens is 1. The third-order valence-corrected chi connectivity index (χ3v) is 15.8. The second kappa shape index (κ2) is 25.1. The van der Waals surface area contributed by atoms with Crippen LogP contribution in [-0.2, 0) is 40.6 Å². The molecule has 0 radical (unpaired) electrons. The molecule has 4 aliphatic rings. The van der Waals surface area contributed by atoms with Gasteiger partial charge in [-0.2, -0.15) is 17.8 Å². The van der Waals surface area contributed by atoms with Crippen molar-refractivity contribution in [1.29, 1.82) is 0 Å². The topological polar surface area (TPSA) is 213 Å². The maximum absolute atomic E-state index is 13.9. The average Bonchev–Trinajstić information content (AvgIpc) is 4.01. The van der Waals surface area contributed by atoms with Gasteiger partial charge < -0.3 is 24.9 Å². The van der Waals surface area contributed by atoms with Gasteiger partial charge in [0.2, 0.25) is 17.8 Å². The lowest BCUT2D eigenvalue weighted by atomic mass is 9.71. The van der Waals surface area contributed by atoms with Gasteiger partial charge in [0.15, 0.2) is 0 Å². The summed E-state index contributed by atoms with van der Waals surface area (Å²) in [6.07, 6.45) is 6.98. The molecule has 71 heavy (non-hydrogen) atoms. The standard InChI is InChI=1S/C30H43N3O7.C22H26ClN5O2S/c1-31(2)15-8-16-32(3)26(35)18-23(29(39)40)19-30(13-6-7-14-30)25(34)17-22-12-11-21-9-4-5-10-24(21)33(28(22)38)20-27(36)37;1-24-22(26-31(29,30)27-14-6-3-7-15-27)28-16-20(17-8-4-2-5-9-17)21(25-28)18-10-12-19(23)13-11-18/h4-5,9-10,22-23H,6-8,11-20H2,1-3H3,(H,36,37)(H,39,40);2,4-5,8-13,20H,3,6-7,14-16H2,1H3,(H,24,26)/t22-,23-;20-/m10/s1. The number of nitrogens with zero attached hydrogens (tertiary/aromatic N) is 7. The van der Waals surface area contributed by atoms with E-state index in [1.54, 1.807) is 36.1 Å². The number of guanidine groups is 1. The Kier molecular flexibility index (Phi) is 19.3. The number of benzene rings is 3. The first-order chi connectivity index (χ1) is 33.9. The fourth-order valence-electron chi connectivity index (χ4n) is 10.1. The smallest absolute Gasteiger partial charge is 0.323 e. The molecule has 1 saturated carbocycles. The maximum Gasteiger partial charge on any atom is 0.323 e. The van der Waals surface area contributed by atoms with Crippen molar-refractivity contribution in [3.63, 3.8) is 0 Å². The van der Waals surface area contributed by atoms with E-state index in [0.717, 1.165) is 67.5 Å². The van der Waals surface area contributed by atoms with Crippen molar-refractivity contribution in [3.05, 3.63) is 101 Å². The fraction of sp³-hybridized carbons (Fsp3) is 0.519. The van der Waals surface area contributed by atoms with Crippen LogP contribution in [0.5, 0.6) is 0 Å². The molecule has 3 aromatic carbocycles. The van der Waals surface area contributed by atoms with Gasteiger partial charge in [0.05, 0.1) is 18.2 Å². The minimum Gasteiger partial charge on any atom is -0.481 e. The highest BCUT2D eigenvalue weighted by Gasteiger charge is 2.46. The SMILES string of the molecule is CN(C)CCCN(C)C(=O)C[C@H](CC1(C(=O)C[C@H]2CCc3ccccc3N(CC(=O)O)C2=O)CCCC1)C(=O)O.CN=C(NS(=O)(=O)N1CCCCC1)N1C[C@@H](c2ccccc2)C(c2ccc(Cl)cc2)=N1. The number of rotatable bonds is 18. The highest BCUT2D eigenvalue weighted by Crippen LogP contribution is 2.47. The minimum atomic E-state index is -3.68. The Morgan fingerprint density at radius 1 is 0.901 bits per heavy atom. The number of carbonyl (C=O) groups excluding carboxylic acids is 3. The lowest BCUT2D eigenvalue weighted by molar-refractivity contribution is -0.148. The number of aliphatic carboxylic acids is 2. The Bertz CT molecular complexity index is 2510. The summed E-state index contributed by atoms with van der Waals surface area (Å²) >= 11 is 6.07. The molecule has 2 amide bonds. The summed E-state index contributed by atoms with van der Waals surface area (Å²) in [6, 6.07) is 24.8. The molecule has 1 saturated heterocycles. The number of para-hydroxylation sites is 1. The number of nitrogens with one attached hydrogen (secondary N) is 1. The summed E-state index contributed by atoms with van der Waals surface area (Å²) in [6.45, 7) is 2.38. The summed E-state index contributed by atoms with van der Waals surface area (Å²) in [5, 5.41) is 26.6. The van der Waals surface area contributed by atoms with Gasteiger partial charge in [-0.15, -0.1) is 0 Å². The van der Waals surface area contributed by atoms with Crippen molar-refractivity contribution < 1.29 is 42.6 Å². The molecule has 0 aromatic heterocycles. The molecule has 2 fully saturated rings. The van der Waals surface area contributed by atoms with Gasteiger partial charge in [-0.25, -0.2) is 9.73 Å². The molecule has 3 heterocycles. The van der Waals surface area contributed by atoms with Gasteiger partial charge in [-0.3, -0.25) is 29.0 Å². The predicted molar refractivity (Wildman–Crippen MR) is 275 cm³/mol. The normalized spacial score (nSPS) is 19.8. The van der Waals surface area contributed by atoms with E-state index in [9.17, 15) is 42.6 Å². The molecule has 3 aromatic rings. The van der Waals surface area contributed by atoms with E-state index < -0.39 is 51.9 Å². The molecular formula is C52H69ClN8O9S. The van der Waals surface area contributed by atoms with Crippen molar-refractivity contribution >= 4 is 68.7 Å². The van der Waals surface area contributed by atoms with Crippen LogP contribution in [0, 0.1) is 17.3 Å². The monoisotopic (exact) mass is 1020 g/mol. The van der Waals surface area contributed by atoms with Crippen LogP contribution >= 0.6 is 11.6 Å². The Labute approximate surface area is 423 Å². The van der Waals surface area contributed by atoms with Gasteiger partial charge in [-0.05, 0) is 107 Å². The number of amides is 2. The summed E-state index contributed by atoms with van der Waals surface area (Å²) in [5.41, 5.74) is 3.41. The van der Waals surface area contributed by atoms with E-state index in [-0.39, 0.29) is 42.8 Å². The number of carboxylic acids is 2. The zero-order valence-corrected chi connectivity index (χ0v) is 42.9. The van der Waals surface area contributed by atoms with Gasteiger partial charge >= 0.3 is 22.1 Å². The van der Waals surface area contributed by atoms with Gasteiger partial charge in [0, 0.05) is 74.5 Å². The number of carboxylic acid groups (broad SMARTS) is 2. The summed E-state index contributed by atoms with van der Waals surface area (Å²) in [4.78, 5) is 73.2. The van der Waals surface area contributed by atoms with Crippen LogP contribution in [0.15, 0.2) is 89.0 Å². The molecule has 3 atom stereocenters. The van der Waals surface area contributed by atoms with Crippen LogP contribution in [0.3, 0.4) is 0 Å². The minimum absolute atomic E-state index is 0.0291. The van der Waals surface area contributed by atoms with E-state index in [1.165, 1.54) is 9.21 Å². The van der Waals surface area contributed by atoms with Crippen LogP contribution in [0.4, 0.5) is 5.69 Å². The number of hydrogen-bond acceptors (Lipinski definition) is 10. The number of anilines is 1. The summed E-state index contributed by atoms with van der Waals surface area (Å²) in [5.74, 6) is -4.53. The molecule has 19 heteroatoms. The molecule has 0 unspecified atom stereocenters. The number of fused-ring (bicyclic) bond motifs is 1. The molecular weight excluding hydrogens is 948 g/mol. The summed E-state index contributed by atoms with van der Waals surface area (Å²) < 4.78 is 29.9. The summed E-state index contributed by atoms with van der Waals surface area (Å²) in [7, 11) is 3.47. The number of hydrazone groups is 1. The Morgan fingerprint density at radius 3 is 2.20 bits per heavy atom.